The quantitative estimate of drug-likeness (QED) is 0.463. The first-order valence-electron chi connectivity index (χ1n) is 8.99. The summed E-state index contributed by atoms with van der Waals surface area (Å²) in [4.78, 5) is 24.4. The van der Waals surface area contributed by atoms with Crippen LogP contribution in [0.1, 0.15) is 40.3 Å². The molecule has 0 aliphatic carbocycles. The van der Waals surface area contributed by atoms with Gasteiger partial charge in [0.15, 0.2) is 13.2 Å². The van der Waals surface area contributed by atoms with Gasteiger partial charge < -0.3 is 18.8 Å². The summed E-state index contributed by atoms with van der Waals surface area (Å²) in [5.41, 5.74) is 3.14. The second-order valence-electron chi connectivity index (χ2n) is 6.74. The molecule has 0 unspecified atom stereocenters. The number of hydrogen-bond donors (Lipinski definition) is 0. The molecule has 2 rings (SSSR count). The molecule has 0 aliphatic heterocycles. The Labute approximate surface area is 170 Å². The molecule has 0 N–H and O–H groups in total. The van der Waals surface area contributed by atoms with E-state index in [0.29, 0.717) is 22.9 Å². The van der Waals surface area contributed by atoms with Gasteiger partial charge >= 0.3 is 5.97 Å². The number of nitrogens with zero attached hydrogens (tertiary/aromatic N) is 1. The summed E-state index contributed by atoms with van der Waals surface area (Å²) in [7, 11) is 1.64. The van der Waals surface area contributed by atoms with E-state index < -0.39 is 5.97 Å². The highest BCUT2D eigenvalue weighted by atomic mass is 35.5. The number of benzene rings is 1. The normalized spacial score (nSPS) is 11.9. The van der Waals surface area contributed by atoms with E-state index in [4.69, 9.17) is 25.8 Å². The number of hydrogen-bond acceptors (Lipinski definition) is 5. The van der Waals surface area contributed by atoms with E-state index in [1.54, 1.807) is 25.3 Å². The van der Waals surface area contributed by atoms with Gasteiger partial charge in [-0.05, 0) is 57.5 Å². The molecular weight excluding hydrogens is 382 g/mol. The second kappa shape index (κ2) is 9.75. The largest absolute Gasteiger partial charge is 0.482 e. The topological polar surface area (TPSA) is 66.8 Å². The van der Waals surface area contributed by atoms with Crippen LogP contribution in [-0.2, 0) is 14.3 Å². The molecule has 7 heteroatoms. The predicted molar refractivity (Wildman–Crippen MR) is 107 cm³/mol. The van der Waals surface area contributed by atoms with Crippen molar-refractivity contribution >= 4 is 23.4 Å². The summed E-state index contributed by atoms with van der Waals surface area (Å²) in [6, 6.07) is 7.02. The van der Waals surface area contributed by atoms with E-state index in [-0.39, 0.29) is 25.0 Å². The molecular formula is C21H26ClNO5. The highest BCUT2D eigenvalue weighted by Gasteiger charge is 2.20. The average Bonchev–Trinajstić information content (AvgIpc) is 2.93. The number of methoxy groups -OCH3 is 1. The van der Waals surface area contributed by atoms with E-state index in [9.17, 15) is 9.59 Å². The molecule has 1 aromatic carbocycles. The summed E-state index contributed by atoms with van der Waals surface area (Å²) in [5.74, 6) is -0.312. The first-order chi connectivity index (χ1) is 13.2. The van der Waals surface area contributed by atoms with Crippen LogP contribution in [0.15, 0.2) is 24.3 Å². The molecule has 2 aromatic rings. The Morgan fingerprint density at radius 2 is 1.86 bits per heavy atom. The van der Waals surface area contributed by atoms with Crippen molar-refractivity contribution in [3.05, 3.63) is 51.8 Å². The number of ketones is 1. The van der Waals surface area contributed by atoms with Crippen LogP contribution in [0, 0.1) is 20.8 Å². The van der Waals surface area contributed by atoms with Crippen LogP contribution in [0.2, 0.25) is 5.02 Å². The molecule has 1 aromatic heterocycles. The van der Waals surface area contributed by atoms with Gasteiger partial charge in [0.05, 0.1) is 12.6 Å². The van der Waals surface area contributed by atoms with Gasteiger partial charge in [-0.1, -0.05) is 11.6 Å². The molecule has 0 aliphatic rings. The lowest BCUT2D eigenvalue weighted by Crippen LogP contribution is -2.20. The van der Waals surface area contributed by atoms with Gasteiger partial charge in [-0.25, -0.2) is 4.79 Å². The molecule has 0 radical (unpaired) electrons. The van der Waals surface area contributed by atoms with E-state index in [1.165, 1.54) is 0 Å². The molecule has 152 valence electrons. The minimum atomic E-state index is -0.607. The van der Waals surface area contributed by atoms with E-state index >= 15 is 0 Å². The predicted octanol–water partition coefficient (Wildman–Crippen LogP) is 4.08. The Bertz CT molecular complexity index is 859. The minimum Gasteiger partial charge on any atom is -0.482 e. The monoisotopic (exact) mass is 407 g/mol. The summed E-state index contributed by atoms with van der Waals surface area (Å²) in [5, 5.41) is 0.593. The molecule has 0 saturated heterocycles. The lowest BCUT2D eigenvalue weighted by molar-refractivity contribution is -0.144. The van der Waals surface area contributed by atoms with Gasteiger partial charge in [0.1, 0.15) is 5.75 Å². The molecule has 0 fully saturated rings. The summed E-state index contributed by atoms with van der Waals surface area (Å²) >= 11 is 5.89. The molecule has 28 heavy (non-hydrogen) atoms. The van der Waals surface area contributed by atoms with Crippen LogP contribution in [0.3, 0.4) is 0 Å². The number of rotatable bonds is 9. The third kappa shape index (κ3) is 5.36. The lowest BCUT2D eigenvalue weighted by atomic mass is 10.1. The third-order valence-electron chi connectivity index (χ3n) is 4.48. The number of aromatic nitrogens is 1. The smallest absolute Gasteiger partial charge is 0.344 e. The number of ether oxygens (including phenoxy) is 3. The van der Waals surface area contributed by atoms with Crippen molar-refractivity contribution in [1.29, 1.82) is 0 Å². The van der Waals surface area contributed by atoms with Crippen molar-refractivity contribution in [2.75, 3.05) is 26.9 Å². The van der Waals surface area contributed by atoms with Gasteiger partial charge in [0.2, 0.25) is 5.78 Å². The van der Waals surface area contributed by atoms with E-state index in [1.807, 2.05) is 38.3 Å². The fraction of sp³-hybridized carbons (Fsp3) is 0.429. The van der Waals surface area contributed by atoms with Gasteiger partial charge in [0.25, 0.3) is 0 Å². The summed E-state index contributed by atoms with van der Waals surface area (Å²) < 4.78 is 17.8. The van der Waals surface area contributed by atoms with Crippen LogP contribution in [0.4, 0.5) is 0 Å². The maximum Gasteiger partial charge on any atom is 0.344 e. The standard InChI is InChI=1S/C21H26ClNO5/c1-13-8-17(22)6-7-20(13)27-12-21(25)28-11-19(24)18-9-14(2)23(16(18)4)15(3)10-26-5/h6-9,15H,10-12H2,1-5H3/t15-/m1/s1. The Morgan fingerprint density at radius 3 is 2.50 bits per heavy atom. The maximum absolute atomic E-state index is 12.5. The van der Waals surface area contributed by atoms with Gasteiger partial charge in [0, 0.05) is 29.1 Å². The summed E-state index contributed by atoms with van der Waals surface area (Å²) in [6.07, 6.45) is 0. The Balaban J connectivity index is 1.93. The number of carbonyl (C=O) groups excluding carboxylic acids is 2. The van der Waals surface area contributed by atoms with Gasteiger partial charge in [-0.2, -0.15) is 0 Å². The van der Waals surface area contributed by atoms with Crippen molar-refractivity contribution in [1.82, 2.24) is 4.57 Å². The van der Waals surface area contributed by atoms with Gasteiger partial charge in [-0.3, -0.25) is 4.79 Å². The first-order valence-corrected chi connectivity index (χ1v) is 9.37. The van der Waals surface area contributed by atoms with E-state index in [2.05, 4.69) is 0 Å². The molecule has 0 bridgehead atoms. The van der Waals surface area contributed by atoms with Crippen molar-refractivity contribution in [2.45, 2.75) is 33.7 Å². The lowest BCUT2D eigenvalue weighted by Gasteiger charge is -2.17. The minimum absolute atomic E-state index is 0.102. The van der Waals surface area contributed by atoms with Crippen LogP contribution < -0.4 is 4.74 Å². The highest BCUT2D eigenvalue weighted by Crippen LogP contribution is 2.22. The Hall–Kier alpha value is -2.31. The zero-order chi connectivity index (χ0) is 20.8. The first kappa shape index (κ1) is 22.0. The number of aryl methyl sites for hydroxylation is 2. The molecule has 0 saturated carbocycles. The van der Waals surface area contributed by atoms with Gasteiger partial charge in [-0.15, -0.1) is 0 Å². The molecule has 0 amide bonds. The molecule has 0 spiro atoms. The number of carbonyl (C=O) groups is 2. The van der Waals surface area contributed by atoms with Crippen molar-refractivity contribution in [3.8, 4) is 5.75 Å². The number of Topliss-reactive ketones (excluding diaryl/α,β-unsaturated/α-hetero) is 1. The maximum atomic E-state index is 12.5. The van der Waals surface area contributed by atoms with E-state index in [0.717, 1.165) is 17.0 Å². The average molecular weight is 408 g/mol. The van der Waals surface area contributed by atoms with Crippen molar-refractivity contribution in [3.63, 3.8) is 0 Å². The van der Waals surface area contributed by atoms with Crippen molar-refractivity contribution in [2.24, 2.45) is 0 Å². The van der Waals surface area contributed by atoms with Crippen LogP contribution >= 0.6 is 11.6 Å². The highest BCUT2D eigenvalue weighted by molar-refractivity contribution is 6.30. The SMILES string of the molecule is COC[C@@H](C)n1c(C)cc(C(=O)COC(=O)COc2ccc(Cl)cc2C)c1C. The van der Waals surface area contributed by atoms with Crippen LogP contribution in [0.5, 0.6) is 5.75 Å². The zero-order valence-electron chi connectivity index (χ0n) is 16.9. The molecule has 6 nitrogen and oxygen atoms in total. The zero-order valence-corrected chi connectivity index (χ0v) is 17.6. The number of halogens is 1. The van der Waals surface area contributed by atoms with Crippen molar-refractivity contribution < 1.29 is 23.8 Å². The Kier molecular flexibility index (Phi) is 7.66. The van der Waals surface area contributed by atoms with Crippen LogP contribution in [0.25, 0.3) is 0 Å². The third-order valence-corrected chi connectivity index (χ3v) is 4.72. The summed E-state index contributed by atoms with van der Waals surface area (Å²) in [6.45, 7) is 7.60. The fourth-order valence-electron chi connectivity index (χ4n) is 3.23. The number of esters is 1. The molecule has 1 heterocycles. The fourth-order valence-corrected chi connectivity index (χ4v) is 3.46. The second-order valence-corrected chi connectivity index (χ2v) is 7.18. The van der Waals surface area contributed by atoms with Crippen LogP contribution in [-0.4, -0.2) is 43.3 Å². The molecule has 1 atom stereocenters. The Morgan fingerprint density at radius 1 is 1.14 bits per heavy atom.